The number of rotatable bonds is 14. The molecule has 3 aliphatic rings. The van der Waals surface area contributed by atoms with Gasteiger partial charge in [0.1, 0.15) is 99.6 Å². The number of hydrogen-bond donors (Lipinski definition) is 4. The van der Waals surface area contributed by atoms with Crippen LogP contribution < -0.4 is 47.4 Å². The molecular formula is C57H74O17S3. The van der Waals surface area contributed by atoms with Crippen molar-refractivity contribution in [2.24, 2.45) is 0 Å². The molecule has 6 heterocycles. The Bertz CT molecular complexity index is 2840. The van der Waals surface area contributed by atoms with Crippen LogP contribution >= 0.6 is 34.0 Å². The smallest absolute Gasteiger partial charge is 0.179 e. The minimum Gasteiger partial charge on any atom is -0.508 e. The minimum absolute atomic E-state index is 0. The molecule has 422 valence electrons. The standard InChI is InChI=1S/2C20H24O5S.C9H10O3.C6H6O2S.2CH4.H2O2/c1-11-8-14(25-10-12(2)21)9-15(16(11)22)20(4,5)19-18-17(13(3)26-19)23-6-7-24-18;1-12-10-15(24-11-13(2)21)6-7-16(12)25-20(4,5)19-18-17(14(3)26-19)22-8-9-23-18;1-7(10)6-12-9-4-2-8(11)3-5-9;1-2-8-6-4-9-3-5(6)7-1;;;1-2/h8-9,22H,6-7,10H2,1-5H3;6-7,10H,8-9,11H2,1-5H3;2-5,11H,6H2,1H3;3-4H,1-2H2;2*1H4;1-2H. The van der Waals surface area contributed by atoms with E-state index in [2.05, 4.69) is 0 Å². The number of fused-ring (bicyclic) bond motifs is 3. The number of aryl methyl sites for hydroxylation is 4. The summed E-state index contributed by atoms with van der Waals surface area (Å²) in [7, 11) is 0. The number of carbonyl (C=O) groups excluding carboxylic acids is 3. The van der Waals surface area contributed by atoms with Crippen molar-refractivity contribution in [2.45, 2.75) is 102 Å². The number of phenols is 2. The predicted octanol–water partition coefficient (Wildman–Crippen LogP) is 12.7. The molecule has 17 nitrogen and oxygen atoms in total. The second kappa shape index (κ2) is 29.7. The van der Waals surface area contributed by atoms with E-state index in [1.54, 1.807) is 58.3 Å². The van der Waals surface area contributed by atoms with Gasteiger partial charge in [-0.1, -0.05) is 28.7 Å². The lowest BCUT2D eigenvalue weighted by atomic mass is 9.81. The summed E-state index contributed by atoms with van der Waals surface area (Å²) < 4.78 is 56.2. The molecule has 0 unspecified atom stereocenters. The van der Waals surface area contributed by atoms with Gasteiger partial charge in [0.2, 0.25) is 0 Å². The van der Waals surface area contributed by atoms with Gasteiger partial charge in [-0.3, -0.25) is 24.9 Å². The van der Waals surface area contributed by atoms with Crippen LogP contribution in [0.4, 0.5) is 0 Å². The summed E-state index contributed by atoms with van der Waals surface area (Å²) in [4.78, 5) is 37.0. The first-order chi connectivity index (χ1) is 35.6. The zero-order chi connectivity index (χ0) is 55.0. The SMILES string of the molecule is C.C.CC(=O)COc1cc(C)c(O)c(C(C)(C)c2sc(C)c3c2OCCO3)c1.CC(=O)COc1ccc(O)cc1.CC(=O)COc1ccc(OC(C)(C)c2sc(C)c3c2OCCO3)c(C)c1.OO.c1scc2c1OCCO2. The number of phenolic OH excluding ortho intramolecular Hbond substituents is 2. The summed E-state index contributed by atoms with van der Waals surface area (Å²) in [5, 5.41) is 35.5. The fraction of sp³-hybridized carbons (Fsp3) is 0.421. The Morgan fingerprint density at radius 1 is 0.545 bits per heavy atom. The Morgan fingerprint density at radius 2 is 0.961 bits per heavy atom. The van der Waals surface area contributed by atoms with E-state index in [0.29, 0.717) is 62.5 Å². The molecule has 4 N–H and O–H groups in total. The molecule has 0 fully saturated rings. The number of hydrogen-bond acceptors (Lipinski definition) is 20. The molecule has 20 heteroatoms. The summed E-state index contributed by atoms with van der Waals surface area (Å²) in [5.41, 5.74) is 1.28. The van der Waals surface area contributed by atoms with Gasteiger partial charge in [0.15, 0.2) is 51.8 Å². The summed E-state index contributed by atoms with van der Waals surface area (Å²) in [6.45, 7) is 24.1. The first kappa shape index (κ1) is 64.6. The molecule has 0 saturated carbocycles. The van der Waals surface area contributed by atoms with Crippen molar-refractivity contribution in [1.29, 1.82) is 0 Å². The highest BCUT2D eigenvalue weighted by Crippen LogP contribution is 2.53. The highest BCUT2D eigenvalue weighted by Gasteiger charge is 2.37. The third-order valence-corrected chi connectivity index (χ3v) is 14.5. The Hall–Kier alpha value is -6.71. The van der Waals surface area contributed by atoms with Crippen LogP contribution in [-0.2, 0) is 25.4 Å². The summed E-state index contributed by atoms with van der Waals surface area (Å²) in [5.74, 6) is 7.87. The number of Topliss-reactive ketones (excluding diaryl/α,β-unsaturated/α-hetero) is 3. The molecule has 3 aliphatic heterocycles. The maximum absolute atomic E-state index is 11.2. The van der Waals surface area contributed by atoms with E-state index in [-0.39, 0.29) is 63.5 Å². The third kappa shape index (κ3) is 17.7. The Balaban J connectivity index is 0.000000285. The molecule has 3 aromatic carbocycles. The normalized spacial score (nSPS) is 12.5. The number of carbonyl (C=O) groups is 3. The van der Waals surface area contributed by atoms with Crippen LogP contribution in [0, 0.1) is 27.7 Å². The average molecular weight is 1130 g/mol. The predicted molar refractivity (Wildman–Crippen MR) is 301 cm³/mol. The number of benzene rings is 3. The van der Waals surface area contributed by atoms with E-state index < -0.39 is 11.0 Å². The molecule has 3 aromatic heterocycles. The van der Waals surface area contributed by atoms with Gasteiger partial charge in [0.05, 0.1) is 9.75 Å². The van der Waals surface area contributed by atoms with E-state index >= 15 is 0 Å². The van der Waals surface area contributed by atoms with Crippen molar-refractivity contribution in [3.05, 3.63) is 102 Å². The maximum atomic E-state index is 11.2. The lowest BCUT2D eigenvalue weighted by Gasteiger charge is -2.28. The molecule has 9 rings (SSSR count). The van der Waals surface area contributed by atoms with E-state index in [0.717, 1.165) is 70.9 Å². The average Bonchev–Trinajstić information content (AvgIpc) is 4.12. The van der Waals surface area contributed by atoms with Crippen LogP contribution in [0.1, 0.15) is 99.5 Å². The topological polar surface area (TPSA) is 224 Å². The van der Waals surface area contributed by atoms with Crippen LogP contribution in [-0.4, -0.2) is 97.5 Å². The zero-order valence-corrected chi connectivity index (χ0v) is 46.5. The zero-order valence-electron chi connectivity index (χ0n) is 44.0. The lowest BCUT2D eigenvalue weighted by molar-refractivity contribution is -0.176. The number of aromatic hydroxyl groups is 2. The van der Waals surface area contributed by atoms with E-state index in [9.17, 15) is 19.5 Å². The van der Waals surface area contributed by atoms with Crippen LogP contribution in [0.2, 0.25) is 0 Å². The monoisotopic (exact) mass is 1130 g/mol. The highest BCUT2D eigenvalue weighted by atomic mass is 32.1. The number of ether oxygens (including phenoxy) is 10. The molecule has 77 heavy (non-hydrogen) atoms. The van der Waals surface area contributed by atoms with Gasteiger partial charge >= 0.3 is 0 Å². The van der Waals surface area contributed by atoms with Crippen molar-refractivity contribution in [3.63, 3.8) is 0 Å². The molecule has 6 aromatic rings. The molecule has 0 saturated heterocycles. The molecule has 0 amide bonds. The van der Waals surface area contributed by atoms with Gasteiger partial charge in [0, 0.05) is 31.5 Å². The Morgan fingerprint density at radius 3 is 1.45 bits per heavy atom. The summed E-state index contributed by atoms with van der Waals surface area (Å²) in [6.07, 6.45) is 0. The van der Waals surface area contributed by atoms with Gasteiger partial charge in [-0.15, -0.1) is 34.0 Å². The second-order valence-corrected chi connectivity index (χ2v) is 21.4. The first-order valence-corrected chi connectivity index (χ1v) is 26.3. The lowest BCUT2D eigenvalue weighted by Crippen LogP contribution is -2.26. The van der Waals surface area contributed by atoms with Crippen LogP contribution in [0.15, 0.2) is 65.4 Å². The maximum Gasteiger partial charge on any atom is 0.179 e. The van der Waals surface area contributed by atoms with Crippen molar-refractivity contribution in [3.8, 4) is 69.0 Å². The summed E-state index contributed by atoms with van der Waals surface area (Å²) in [6, 6.07) is 15.3. The van der Waals surface area contributed by atoms with Gasteiger partial charge in [-0.05, 0) is 128 Å². The van der Waals surface area contributed by atoms with Crippen molar-refractivity contribution in [1.82, 2.24) is 0 Å². The van der Waals surface area contributed by atoms with Gasteiger partial charge in [0.25, 0.3) is 0 Å². The van der Waals surface area contributed by atoms with Crippen LogP contribution in [0.5, 0.6) is 69.0 Å². The van der Waals surface area contributed by atoms with Gasteiger partial charge in [-0.25, -0.2) is 0 Å². The van der Waals surface area contributed by atoms with Crippen molar-refractivity contribution in [2.75, 3.05) is 59.5 Å². The fourth-order valence-electron chi connectivity index (χ4n) is 7.46. The molecular weight excluding hydrogens is 1050 g/mol. The van der Waals surface area contributed by atoms with E-state index in [1.807, 2.05) is 84.3 Å². The molecule has 0 aliphatic carbocycles. The Kier molecular flexibility index (Phi) is 24.9. The molecule has 0 radical (unpaired) electrons. The van der Waals surface area contributed by atoms with E-state index in [1.165, 1.54) is 32.9 Å². The molecule has 0 bridgehead atoms. The van der Waals surface area contributed by atoms with E-state index in [4.69, 9.17) is 63.0 Å². The molecule has 0 atom stereocenters. The second-order valence-electron chi connectivity index (χ2n) is 18.2. The number of thiophene rings is 3. The quantitative estimate of drug-likeness (QED) is 0.0588. The van der Waals surface area contributed by atoms with Crippen molar-refractivity contribution < 1.29 is 82.5 Å². The minimum atomic E-state index is -0.573. The Labute approximate surface area is 463 Å². The van der Waals surface area contributed by atoms with Gasteiger partial charge < -0.3 is 57.6 Å². The fourth-order valence-corrected chi connectivity index (χ4v) is 10.4. The number of ketones is 3. The highest BCUT2D eigenvalue weighted by molar-refractivity contribution is 7.13. The van der Waals surface area contributed by atoms with Crippen molar-refractivity contribution >= 4 is 51.4 Å². The largest absolute Gasteiger partial charge is 0.508 e. The van der Waals surface area contributed by atoms with Crippen LogP contribution in [0.25, 0.3) is 0 Å². The molecule has 0 spiro atoms. The van der Waals surface area contributed by atoms with Crippen LogP contribution in [0.3, 0.4) is 0 Å². The summed E-state index contributed by atoms with van der Waals surface area (Å²) >= 11 is 4.86. The third-order valence-electron chi connectivity index (χ3n) is 11.1. The van der Waals surface area contributed by atoms with Gasteiger partial charge in [-0.2, -0.15) is 0 Å². The first-order valence-electron chi connectivity index (χ1n) is 23.7.